The van der Waals surface area contributed by atoms with Crippen molar-refractivity contribution in [2.75, 3.05) is 0 Å². The number of carboxylic acid groups (broad SMARTS) is 1. The number of rotatable bonds is 2. The van der Waals surface area contributed by atoms with Gasteiger partial charge in [-0.1, -0.05) is 28.7 Å². The van der Waals surface area contributed by atoms with Crippen LogP contribution in [0.5, 0.6) is 0 Å². The van der Waals surface area contributed by atoms with Crippen LogP contribution in [0.1, 0.15) is 56.4 Å². The summed E-state index contributed by atoms with van der Waals surface area (Å²) in [7, 11) is 0. The second-order valence-electron chi connectivity index (χ2n) is 2.43. The average molecular weight is 280 g/mol. The highest BCUT2D eigenvalue weighted by Gasteiger charge is 2.10. The number of aliphatic carboxylic acids is 1. The maximum Gasteiger partial charge on any atom is 0.139 e. The number of carboxylic acids is 1. The fraction of sp³-hybridized carbons (Fsp3) is 0.750. The highest BCUT2D eigenvalue weighted by atomic mass is 16.4. The number of hydrogen-bond acceptors (Lipinski definition) is 6. The van der Waals surface area contributed by atoms with Crippen molar-refractivity contribution in [3.05, 3.63) is 0 Å². The summed E-state index contributed by atoms with van der Waals surface area (Å²) in [5.74, 6) is -1.61. The maximum atomic E-state index is 10.4. The van der Waals surface area contributed by atoms with Crippen LogP contribution in [0.3, 0.4) is 0 Å². The van der Waals surface area contributed by atoms with Crippen molar-refractivity contribution in [3.63, 3.8) is 0 Å². The Balaban J connectivity index is -0.0000000164. The van der Waals surface area contributed by atoms with Crippen LogP contribution in [-0.4, -0.2) is 25.9 Å². The van der Waals surface area contributed by atoms with Gasteiger partial charge < -0.3 is 22.2 Å². The van der Waals surface area contributed by atoms with Crippen LogP contribution in [-0.2, 0) is 14.4 Å². The maximum absolute atomic E-state index is 10.4. The van der Waals surface area contributed by atoms with E-state index >= 15 is 0 Å². The van der Waals surface area contributed by atoms with Gasteiger partial charge in [-0.25, -0.2) is 0 Å². The molecule has 6 N–H and O–H groups in total. The van der Waals surface area contributed by atoms with Gasteiger partial charge in [0.25, 0.3) is 0 Å². The summed E-state index contributed by atoms with van der Waals surface area (Å²) >= 11 is 0. The first-order valence-corrected chi connectivity index (χ1v) is 4.47. The molecule has 0 aliphatic heterocycles. The lowest BCUT2D eigenvalue weighted by Crippen LogP contribution is -2.16. The van der Waals surface area contributed by atoms with Crippen molar-refractivity contribution in [2.45, 2.75) is 56.4 Å². The molecule has 0 saturated carbocycles. The van der Waals surface area contributed by atoms with Gasteiger partial charge in [0.15, 0.2) is 0 Å². The van der Waals surface area contributed by atoms with E-state index < -0.39 is 11.9 Å². The molecule has 0 aromatic carbocycles. The largest absolute Gasteiger partial charge is 0.550 e. The van der Waals surface area contributed by atoms with Crippen molar-refractivity contribution in [1.29, 1.82) is 0 Å². The quantitative estimate of drug-likeness (QED) is 0.582. The Bertz CT molecular complexity index is 182. The Hall–Kier alpha value is -1.21. The van der Waals surface area contributed by atoms with Crippen molar-refractivity contribution < 1.29 is 19.5 Å². The lowest BCUT2D eigenvalue weighted by molar-refractivity contribution is -0.302. The lowest BCUT2D eigenvalue weighted by Gasteiger charge is -1.97. The predicted molar refractivity (Wildman–Crippen MR) is 81.8 cm³/mol. The lowest BCUT2D eigenvalue weighted by atomic mass is 10.0. The van der Waals surface area contributed by atoms with Crippen LogP contribution in [0, 0.1) is 5.92 Å². The van der Waals surface area contributed by atoms with Crippen molar-refractivity contribution in [2.24, 2.45) is 5.92 Å². The molecule has 0 rings (SSSR count). The van der Waals surface area contributed by atoms with Gasteiger partial charge >= 0.3 is 0 Å². The first-order chi connectivity index (χ1) is 6.29. The molecule has 0 aromatic heterocycles. The second kappa shape index (κ2) is 36.0. The van der Waals surface area contributed by atoms with Crippen LogP contribution >= 0.6 is 0 Å². The van der Waals surface area contributed by atoms with Crippen molar-refractivity contribution >= 4 is 25.9 Å². The fourth-order valence-corrected chi connectivity index (χ4v) is 0.286. The fourth-order valence-electron chi connectivity index (χ4n) is 0.286. The molecular formula is C12H33BN2O4-. The van der Waals surface area contributed by atoms with Gasteiger partial charge in [0, 0.05) is 14.4 Å². The summed E-state index contributed by atoms with van der Waals surface area (Å²) in [5, 5.41) is 8.89. The van der Waals surface area contributed by atoms with Crippen molar-refractivity contribution in [1.82, 2.24) is 12.3 Å². The average Bonchev–Trinajstić information content (AvgIpc) is 2.05. The molecule has 0 spiro atoms. The molecule has 7 heteroatoms. The Morgan fingerprint density at radius 2 is 0.947 bits per heavy atom. The van der Waals surface area contributed by atoms with Crippen LogP contribution in [0.2, 0.25) is 0 Å². The molecule has 6 nitrogen and oxygen atoms in total. The van der Waals surface area contributed by atoms with Gasteiger partial charge in [-0.05, 0) is 27.7 Å². The Labute approximate surface area is 121 Å². The van der Waals surface area contributed by atoms with Gasteiger partial charge in [0.05, 0.1) is 5.92 Å². The molecule has 0 aromatic rings. The zero-order chi connectivity index (χ0) is 12.3. The van der Waals surface area contributed by atoms with Crippen LogP contribution in [0.25, 0.3) is 0 Å². The Kier molecular flexibility index (Phi) is 99.0. The van der Waals surface area contributed by atoms with E-state index in [2.05, 4.69) is 0 Å². The highest BCUT2D eigenvalue weighted by Crippen LogP contribution is 1.95. The van der Waals surface area contributed by atoms with E-state index in [1.165, 1.54) is 13.8 Å². The molecule has 0 fully saturated rings. The molecule has 0 amide bonds. The molecule has 0 aliphatic carbocycles. The summed E-state index contributed by atoms with van der Waals surface area (Å²) in [6.07, 6.45) is 0. The van der Waals surface area contributed by atoms with E-state index in [4.69, 9.17) is 9.90 Å². The van der Waals surface area contributed by atoms with E-state index in [0.29, 0.717) is 0 Å². The molecule has 0 bridgehead atoms. The van der Waals surface area contributed by atoms with Gasteiger partial charge in [0.1, 0.15) is 11.6 Å². The van der Waals surface area contributed by atoms with Crippen LogP contribution in [0.4, 0.5) is 0 Å². The van der Waals surface area contributed by atoms with Gasteiger partial charge in [-0.15, -0.1) is 0 Å². The standard InChI is InChI=1S/C6H10O2.C2H4O2.C2H6.2CH4.B.2H3N/c1-4(5(2)7)6(3)8;1-2(3)4;1-2;;;;;/h4H,1-3H3;1H3,(H,3,4);1-2H3;2*1H4;;2*1H3/p-1. The number of Topliss-reactive ketones (excluding diaryl/α,β-unsaturated/α-hetero) is 2. The number of hydrogen-bond donors (Lipinski definition) is 2. The molecule has 19 heavy (non-hydrogen) atoms. The molecule has 0 heterocycles. The first kappa shape index (κ1) is 52.3. The zero-order valence-electron chi connectivity index (χ0n) is 11.7. The molecular weight excluding hydrogens is 247 g/mol. The minimum Gasteiger partial charge on any atom is -0.550 e. The molecule has 0 unspecified atom stereocenters. The minimum absolute atomic E-state index is 0. The zero-order valence-corrected chi connectivity index (χ0v) is 11.7. The van der Waals surface area contributed by atoms with E-state index in [1.807, 2.05) is 13.8 Å². The summed E-state index contributed by atoms with van der Waals surface area (Å²) in [6, 6.07) is 0. The molecule has 119 valence electrons. The minimum atomic E-state index is -1.08. The summed E-state index contributed by atoms with van der Waals surface area (Å²) in [4.78, 5) is 29.6. The number of carbonyl (C=O) groups is 3. The molecule has 3 radical (unpaired) electrons. The van der Waals surface area contributed by atoms with E-state index in [9.17, 15) is 9.59 Å². The van der Waals surface area contributed by atoms with Crippen molar-refractivity contribution in [3.8, 4) is 0 Å². The summed E-state index contributed by atoms with van der Waals surface area (Å²) in [5.41, 5.74) is 0. The molecule has 0 saturated heterocycles. The van der Waals surface area contributed by atoms with Gasteiger partial charge in [0.2, 0.25) is 0 Å². The normalized spacial score (nSPS) is 5.63. The Morgan fingerprint density at radius 1 is 0.842 bits per heavy atom. The SMILES string of the molecule is C.C.CC.CC(=O)C(C)C(C)=O.CC(=O)[O-].N.N.[B]. The third-order valence-corrected chi connectivity index (χ3v) is 1.22. The number of ketones is 2. The van der Waals surface area contributed by atoms with Gasteiger partial charge in [-0.3, -0.25) is 9.59 Å². The summed E-state index contributed by atoms with van der Waals surface area (Å²) in [6.45, 7) is 9.43. The van der Waals surface area contributed by atoms with Crippen LogP contribution < -0.4 is 17.4 Å². The monoisotopic (exact) mass is 280 g/mol. The van der Waals surface area contributed by atoms with E-state index in [1.54, 1.807) is 6.92 Å². The first-order valence-electron chi connectivity index (χ1n) is 4.47. The van der Waals surface area contributed by atoms with E-state index in [0.717, 1.165) is 6.92 Å². The highest BCUT2D eigenvalue weighted by molar-refractivity contribution is 5.99. The molecule has 0 aliphatic rings. The Morgan fingerprint density at radius 3 is 0.947 bits per heavy atom. The smallest absolute Gasteiger partial charge is 0.139 e. The number of carbonyl (C=O) groups excluding carboxylic acids is 3. The van der Waals surface area contributed by atoms with Crippen LogP contribution in [0.15, 0.2) is 0 Å². The third-order valence-electron chi connectivity index (χ3n) is 1.22. The van der Waals surface area contributed by atoms with Gasteiger partial charge in [-0.2, -0.15) is 0 Å². The topological polar surface area (TPSA) is 144 Å². The third kappa shape index (κ3) is 79.6. The molecule has 0 atom stereocenters. The summed E-state index contributed by atoms with van der Waals surface area (Å²) < 4.78 is 0. The second-order valence-corrected chi connectivity index (χ2v) is 2.43. The predicted octanol–water partition coefficient (Wildman–Crippen LogP) is 1.80. The van der Waals surface area contributed by atoms with E-state index in [-0.39, 0.29) is 47.1 Å².